The van der Waals surface area contributed by atoms with Gasteiger partial charge in [-0.2, -0.15) is 5.10 Å². The zero-order chi connectivity index (χ0) is 16.4. The molecule has 10 heteroatoms. The van der Waals surface area contributed by atoms with Gasteiger partial charge in [-0.05, 0) is 19.9 Å². The van der Waals surface area contributed by atoms with E-state index in [-0.39, 0.29) is 0 Å². The van der Waals surface area contributed by atoms with Gasteiger partial charge in [0.2, 0.25) is 5.91 Å². The second kappa shape index (κ2) is 6.42. The van der Waals surface area contributed by atoms with E-state index in [1.165, 1.54) is 11.3 Å². The Morgan fingerprint density at radius 1 is 1.32 bits per heavy atom. The van der Waals surface area contributed by atoms with Crippen LogP contribution in [0.1, 0.15) is 34.8 Å². The normalized spacial score (nSPS) is 11.5. The first-order valence-corrected chi connectivity index (χ1v) is 6.97. The summed E-state index contributed by atoms with van der Waals surface area (Å²) in [6.45, 7) is 2.99. The van der Waals surface area contributed by atoms with E-state index in [9.17, 15) is 22.4 Å². The molecule has 0 aliphatic carbocycles. The van der Waals surface area contributed by atoms with Crippen molar-refractivity contribution in [1.29, 1.82) is 0 Å². The van der Waals surface area contributed by atoms with E-state index in [0.717, 1.165) is 10.6 Å². The van der Waals surface area contributed by atoms with Gasteiger partial charge in [-0.1, -0.05) is 0 Å². The average Bonchev–Trinajstić information content (AvgIpc) is 2.94. The molecule has 0 aromatic carbocycles. The summed E-state index contributed by atoms with van der Waals surface area (Å²) in [6.07, 6.45) is -5.98. The van der Waals surface area contributed by atoms with E-state index < -0.39 is 36.7 Å². The lowest BCUT2D eigenvalue weighted by Crippen LogP contribution is -2.21. The zero-order valence-electron chi connectivity index (χ0n) is 11.6. The SMILES string of the molecule is Cc1nc(NC(=O)Cn2nc(C(F)F)cc2C(F)F)sc1C. The predicted octanol–water partition coefficient (Wildman–Crippen LogP) is 3.47. The fourth-order valence-electron chi connectivity index (χ4n) is 1.68. The van der Waals surface area contributed by atoms with Crippen molar-refractivity contribution in [1.82, 2.24) is 14.8 Å². The summed E-state index contributed by atoms with van der Waals surface area (Å²) in [7, 11) is 0. The molecule has 0 aliphatic rings. The maximum absolute atomic E-state index is 12.8. The number of aromatic nitrogens is 3. The summed E-state index contributed by atoms with van der Waals surface area (Å²) in [5.41, 5.74) is -0.770. The summed E-state index contributed by atoms with van der Waals surface area (Å²) in [5.74, 6) is -0.667. The van der Waals surface area contributed by atoms with Gasteiger partial charge in [-0.3, -0.25) is 9.48 Å². The molecule has 2 rings (SSSR count). The number of carbonyl (C=O) groups excluding carboxylic acids is 1. The largest absolute Gasteiger partial charge is 0.300 e. The Morgan fingerprint density at radius 3 is 2.50 bits per heavy atom. The van der Waals surface area contributed by atoms with Crippen LogP contribution in [0.15, 0.2) is 6.07 Å². The number of halogens is 4. The van der Waals surface area contributed by atoms with Crippen molar-refractivity contribution in [2.45, 2.75) is 33.2 Å². The number of alkyl halides is 4. The molecule has 0 spiro atoms. The fourth-order valence-corrected chi connectivity index (χ4v) is 2.51. The molecule has 120 valence electrons. The standard InChI is InChI=1S/C12H12F4N4OS/c1-5-6(2)22-12(17-5)18-9(21)4-20-8(11(15)16)3-7(19-20)10(13)14/h3,10-11H,4H2,1-2H3,(H,17,18,21). The molecule has 0 fully saturated rings. The Hall–Kier alpha value is -1.97. The van der Waals surface area contributed by atoms with Crippen molar-refractivity contribution in [2.75, 3.05) is 5.32 Å². The number of rotatable bonds is 5. The Morgan fingerprint density at radius 2 is 2.00 bits per heavy atom. The Bertz CT molecular complexity index is 663. The van der Waals surface area contributed by atoms with Gasteiger partial charge in [-0.25, -0.2) is 22.5 Å². The van der Waals surface area contributed by atoms with E-state index in [1.807, 2.05) is 6.92 Å². The third kappa shape index (κ3) is 3.62. The van der Waals surface area contributed by atoms with Crippen LogP contribution in [-0.4, -0.2) is 20.7 Å². The molecule has 0 atom stereocenters. The van der Waals surface area contributed by atoms with Crippen molar-refractivity contribution in [2.24, 2.45) is 0 Å². The lowest BCUT2D eigenvalue weighted by molar-refractivity contribution is -0.117. The number of hydrogen-bond acceptors (Lipinski definition) is 4. The van der Waals surface area contributed by atoms with Gasteiger partial charge >= 0.3 is 0 Å². The monoisotopic (exact) mass is 336 g/mol. The van der Waals surface area contributed by atoms with Crippen molar-refractivity contribution >= 4 is 22.4 Å². The molecule has 1 N–H and O–H groups in total. The van der Waals surface area contributed by atoms with Gasteiger partial charge in [0.1, 0.15) is 17.9 Å². The van der Waals surface area contributed by atoms with Crippen LogP contribution in [0.2, 0.25) is 0 Å². The molecular formula is C12H12F4N4OS. The lowest BCUT2D eigenvalue weighted by Gasteiger charge is -2.06. The number of amides is 1. The average molecular weight is 336 g/mol. The van der Waals surface area contributed by atoms with Gasteiger partial charge in [0.05, 0.1) is 5.69 Å². The van der Waals surface area contributed by atoms with Crippen LogP contribution in [0.25, 0.3) is 0 Å². The molecule has 0 saturated carbocycles. The number of aryl methyl sites for hydroxylation is 2. The number of anilines is 1. The second-order valence-corrected chi connectivity index (χ2v) is 5.67. The summed E-state index contributed by atoms with van der Waals surface area (Å²) < 4.78 is 51.2. The smallest absolute Gasteiger partial charge is 0.282 e. The molecule has 0 unspecified atom stereocenters. The first-order valence-electron chi connectivity index (χ1n) is 6.15. The molecule has 22 heavy (non-hydrogen) atoms. The molecule has 0 saturated heterocycles. The van der Waals surface area contributed by atoms with E-state index in [0.29, 0.717) is 15.9 Å². The van der Waals surface area contributed by atoms with Crippen molar-refractivity contribution < 1.29 is 22.4 Å². The van der Waals surface area contributed by atoms with E-state index in [1.54, 1.807) is 6.92 Å². The number of carbonyl (C=O) groups is 1. The van der Waals surface area contributed by atoms with Crippen LogP contribution in [0.3, 0.4) is 0 Å². The first kappa shape index (κ1) is 16.4. The Labute approximate surface area is 127 Å². The Balaban J connectivity index is 2.13. The highest BCUT2D eigenvalue weighted by Crippen LogP contribution is 2.25. The minimum absolute atomic E-state index is 0.319. The van der Waals surface area contributed by atoms with Crippen molar-refractivity contribution in [3.63, 3.8) is 0 Å². The second-order valence-electron chi connectivity index (χ2n) is 4.46. The van der Waals surface area contributed by atoms with Crippen LogP contribution >= 0.6 is 11.3 Å². The molecule has 2 aromatic rings. The number of thiazole rings is 1. The fraction of sp³-hybridized carbons (Fsp3) is 0.417. The quantitative estimate of drug-likeness (QED) is 0.851. The molecular weight excluding hydrogens is 324 g/mol. The highest BCUT2D eigenvalue weighted by molar-refractivity contribution is 7.15. The van der Waals surface area contributed by atoms with Gasteiger partial charge in [0, 0.05) is 4.88 Å². The number of nitrogens with zero attached hydrogens (tertiary/aromatic N) is 3. The van der Waals surface area contributed by atoms with Gasteiger partial charge in [0.25, 0.3) is 12.9 Å². The number of hydrogen-bond donors (Lipinski definition) is 1. The van der Waals surface area contributed by atoms with Crippen LogP contribution < -0.4 is 5.32 Å². The van der Waals surface area contributed by atoms with Gasteiger partial charge < -0.3 is 5.32 Å². The topological polar surface area (TPSA) is 59.8 Å². The highest BCUT2D eigenvalue weighted by atomic mass is 32.1. The van der Waals surface area contributed by atoms with E-state index in [4.69, 9.17) is 0 Å². The van der Waals surface area contributed by atoms with Crippen LogP contribution in [0, 0.1) is 13.8 Å². The Kier molecular flexibility index (Phi) is 4.79. The molecule has 0 bridgehead atoms. The number of nitrogens with one attached hydrogen (secondary N) is 1. The lowest BCUT2D eigenvalue weighted by atomic mass is 10.3. The molecule has 5 nitrogen and oxygen atoms in total. The zero-order valence-corrected chi connectivity index (χ0v) is 12.4. The minimum Gasteiger partial charge on any atom is -0.300 e. The summed E-state index contributed by atoms with van der Waals surface area (Å²) in [5, 5.41) is 6.10. The molecule has 1 amide bonds. The molecule has 2 heterocycles. The van der Waals surface area contributed by atoms with Crippen molar-refractivity contribution in [3.05, 3.63) is 28.0 Å². The molecule has 0 radical (unpaired) electrons. The van der Waals surface area contributed by atoms with E-state index >= 15 is 0 Å². The van der Waals surface area contributed by atoms with Gasteiger partial charge in [-0.15, -0.1) is 11.3 Å². The minimum atomic E-state index is -3.00. The summed E-state index contributed by atoms with van der Waals surface area (Å²) >= 11 is 1.23. The highest BCUT2D eigenvalue weighted by Gasteiger charge is 2.22. The molecule has 0 aliphatic heterocycles. The molecule has 2 aromatic heterocycles. The first-order chi connectivity index (χ1) is 10.3. The van der Waals surface area contributed by atoms with E-state index in [2.05, 4.69) is 15.4 Å². The van der Waals surface area contributed by atoms with Gasteiger partial charge in [0.15, 0.2) is 5.13 Å². The summed E-state index contributed by atoms with van der Waals surface area (Å²) in [6, 6.07) is 0.598. The van der Waals surface area contributed by atoms with Crippen LogP contribution in [0.5, 0.6) is 0 Å². The van der Waals surface area contributed by atoms with Crippen molar-refractivity contribution in [3.8, 4) is 0 Å². The van der Waals surface area contributed by atoms with Crippen LogP contribution in [0.4, 0.5) is 22.7 Å². The van der Waals surface area contributed by atoms with Crippen LogP contribution in [-0.2, 0) is 11.3 Å². The maximum Gasteiger partial charge on any atom is 0.282 e. The maximum atomic E-state index is 12.8. The third-order valence-electron chi connectivity index (χ3n) is 2.85. The summed E-state index contributed by atoms with van der Waals surface area (Å²) in [4.78, 5) is 16.8. The third-order valence-corrected chi connectivity index (χ3v) is 3.83. The predicted molar refractivity (Wildman–Crippen MR) is 72.4 cm³/mol.